The van der Waals surface area contributed by atoms with Gasteiger partial charge in [0.25, 0.3) is 0 Å². The fourth-order valence-corrected chi connectivity index (χ4v) is 4.95. The molecule has 0 radical (unpaired) electrons. The summed E-state index contributed by atoms with van der Waals surface area (Å²) in [4.78, 5) is 32.0. The topological polar surface area (TPSA) is 61.8 Å². The van der Waals surface area contributed by atoms with Crippen LogP contribution < -0.4 is 5.32 Å². The van der Waals surface area contributed by atoms with Crippen molar-refractivity contribution < 1.29 is 14.0 Å². The number of nitrogens with one attached hydrogen (secondary N) is 1. The fraction of sp³-hybridized carbons (Fsp3) is 0.318. The van der Waals surface area contributed by atoms with E-state index in [0.29, 0.717) is 5.17 Å². The number of hydrogen-bond acceptors (Lipinski definition) is 4. The molecule has 2 amide bonds. The average molecular weight is 412 g/mol. The second kappa shape index (κ2) is 8.78. The van der Waals surface area contributed by atoms with E-state index >= 15 is 0 Å². The molecule has 2 aromatic rings. The van der Waals surface area contributed by atoms with E-state index < -0.39 is 11.1 Å². The van der Waals surface area contributed by atoms with Crippen LogP contribution in [0.3, 0.4) is 0 Å². The van der Waals surface area contributed by atoms with Gasteiger partial charge in [0.15, 0.2) is 5.17 Å². The minimum absolute atomic E-state index is 0.0190. The number of thioether (sulfide) groups is 1. The number of rotatable bonds is 5. The van der Waals surface area contributed by atoms with Crippen molar-refractivity contribution in [1.82, 2.24) is 4.90 Å². The first-order valence-electron chi connectivity index (χ1n) is 9.79. The number of aliphatic imine (C=N–C) groups is 1. The van der Waals surface area contributed by atoms with Crippen LogP contribution >= 0.6 is 11.8 Å². The van der Waals surface area contributed by atoms with Gasteiger partial charge in [-0.15, -0.1) is 0 Å². The molecule has 2 fully saturated rings. The lowest BCUT2D eigenvalue weighted by molar-refractivity contribution is -0.129. The first kappa shape index (κ1) is 19.6. The number of carbonyl (C=O) groups excluding carboxylic acids is 2. The van der Waals surface area contributed by atoms with Crippen molar-refractivity contribution in [1.29, 1.82) is 0 Å². The molecule has 2 aromatic carbocycles. The number of amides is 2. The van der Waals surface area contributed by atoms with Crippen molar-refractivity contribution in [2.75, 3.05) is 5.32 Å². The Kier molecular flexibility index (Phi) is 5.94. The molecule has 7 heteroatoms. The maximum atomic E-state index is 13.8. The van der Waals surface area contributed by atoms with Gasteiger partial charge < -0.3 is 5.32 Å². The van der Waals surface area contributed by atoms with Crippen molar-refractivity contribution >= 4 is 40.1 Å². The molecule has 0 spiro atoms. The van der Waals surface area contributed by atoms with E-state index in [4.69, 9.17) is 0 Å². The second-order valence-electron chi connectivity index (χ2n) is 7.22. The highest BCUT2D eigenvalue weighted by Crippen LogP contribution is 2.37. The smallest absolute Gasteiger partial charge is 0.242 e. The summed E-state index contributed by atoms with van der Waals surface area (Å²) in [5, 5.41) is 2.67. The lowest BCUT2D eigenvalue weighted by Crippen LogP contribution is -2.40. The first-order chi connectivity index (χ1) is 14.1. The van der Waals surface area contributed by atoms with E-state index in [1.807, 2.05) is 30.3 Å². The van der Waals surface area contributed by atoms with Gasteiger partial charge in [-0.2, -0.15) is 0 Å². The van der Waals surface area contributed by atoms with Crippen LogP contribution in [0, 0.1) is 5.82 Å². The Hall–Kier alpha value is -2.67. The van der Waals surface area contributed by atoms with Crippen LogP contribution in [0.4, 0.5) is 15.8 Å². The van der Waals surface area contributed by atoms with Gasteiger partial charge in [0, 0.05) is 12.5 Å². The third-order valence-electron chi connectivity index (χ3n) is 5.16. The van der Waals surface area contributed by atoms with Gasteiger partial charge in [-0.1, -0.05) is 54.9 Å². The summed E-state index contributed by atoms with van der Waals surface area (Å²) in [6.07, 6.45) is 4.07. The van der Waals surface area contributed by atoms with Crippen LogP contribution in [-0.4, -0.2) is 33.2 Å². The predicted molar refractivity (Wildman–Crippen MR) is 114 cm³/mol. The lowest BCUT2D eigenvalue weighted by Gasteiger charge is -2.23. The quantitative estimate of drug-likeness (QED) is 0.774. The van der Waals surface area contributed by atoms with E-state index in [-0.39, 0.29) is 30.0 Å². The van der Waals surface area contributed by atoms with Crippen molar-refractivity contribution in [3.05, 3.63) is 60.4 Å². The van der Waals surface area contributed by atoms with Crippen LogP contribution in [-0.2, 0) is 9.59 Å². The number of carbonyl (C=O) groups is 2. The molecule has 1 saturated carbocycles. The summed E-state index contributed by atoms with van der Waals surface area (Å²) in [7, 11) is 0. The van der Waals surface area contributed by atoms with Crippen molar-refractivity contribution in [3.63, 3.8) is 0 Å². The number of hydrogen-bond donors (Lipinski definition) is 1. The normalized spacial score (nSPS) is 21.1. The molecule has 150 valence electrons. The largest absolute Gasteiger partial charge is 0.324 e. The highest BCUT2D eigenvalue weighted by molar-refractivity contribution is 8.15. The Labute approximate surface area is 173 Å². The fourth-order valence-electron chi connectivity index (χ4n) is 3.74. The molecule has 0 aromatic heterocycles. The van der Waals surface area contributed by atoms with Gasteiger partial charge in [-0.3, -0.25) is 14.5 Å². The van der Waals surface area contributed by atoms with Crippen molar-refractivity contribution in [2.45, 2.75) is 43.4 Å². The van der Waals surface area contributed by atoms with Crippen LogP contribution in [0.1, 0.15) is 32.1 Å². The third-order valence-corrected chi connectivity index (χ3v) is 6.31. The Morgan fingerprint density at radius 3 is 2.52 bits per heavy atom. The number of halogens is 1. The van der Waals surface area contributed by atoms with E-state index in [1.54, 1.807) is 17.0 Å². The Balaban J connectivity index is 1.52. The molecule has 1 aliphatic carbocycles. The maximum Gasteiger partial charge on any atom is 0.242 e. The van der Waals surface area contributed by atoms with Gasteiger partial charge in [0.05, 0.1) is 11.4 Å². The van der Waals surface area contributed by atoms with Gasteiger partial charge in [0.1, 0.15) is 11.1 Å². The number of para-hydroxylation sites is 2. The summed E-state index contributed by atoms with van der Waals surface area (Å²) in [5.74, 6) is -0.960. The summed E-state index contributed by atoms with van der Waals surface area (Å²) in [6.45, 7) is 0. The molecular formula is C22H22FN3O2S. The molecular weight excluding hydrogens is 389 g/mol. The molecule has 29 heavy (non-hydrogen) atoms. The summed E-state index contributed by atoms with van der Waals surface area (Å²) in [6, 6.07) is 15.7. The lowest BCUT2D eigenvalue weighted by atomic mass is 10.2. The summed E-state index contributed by atoms with van der Waals surface area (Å²) >= 11 is 1.32. The number of anilines is 1. The van der Waals surface area contributed by atoms with Crippen molar-refractivity contribution in [2.24, 2.45) is 4.99 Å². The van der Waals surface area contributed by atoms with E-state index in [9.17, 15) is 14.0 Å². The van der Waals surface area contributed by atoms with Crippen LogP contribution in [0.5, 0.6) is 0 Å². The highest BCUT2D eigenvalue weighted by atomic mass is 32.2. The molecule has 5 nitrogen and oxygen atoms in total. The maximum absolute atomic E-state index is 13.8. The molecule has 1 N–H and O–H groups in total. The average Bonchev–Trinajstić information content (AvgIpc) is 3.33. The molecule has 1 heterocycles. The van der Waals surface area contributed by atoms with Gasteiger partial charge in [-0.05, 0) is 37.1 Å². The summed E-state index contributed by atoms with van der Waals surface area (Å²) in [5.41, 5.74) is 0.904. The predicted octanol–water partition coefficient (Wildman–Crippen LogP) is 4.73. The van der Waals surface area contributed by atoms with Crippen LogP contribution in [0.2, 0.25) is 0 Å². The van der Waals surface area contributed by atoms with Crippen molar-refractivity contribution in [3.8, 4) is 0 Å². The first-order valence-corrected chi connectivity index (χ1v) is 10.7. The molecule has 2 aliphatic rings. The van der Waals surface area contributed by atoms with E-state index in [0.717, 1.165) is 31.4 Å². The Morgan fingerprint density at radius 2 is 1.79 bits per heavy atom. The summed E-state index contributed by atoms with van der Waals surface area (Å²) < 4.78 is 13.8. The van der Waals surface area contributed by atoms with Gasteiger partial charge in [-0.25, -0.2) is 9.38 Å². The molecule has 1 unspecified atom stereocenters. The zero-order valence-electron chi connectivity index (χ0n) is 15.9. The van der Waals surface area contributed by atoms with E-state index in [2.05, 4.69) is 10.3 Å². The SMILES string of the molecule is O=C(CC1SC(=Nc2ccccc2)N(C2CCCC2)C1=O)Nc1ccccc1F. The van der Waals surface area contributed by atoms with Crippen LogP contribution in [0.15, 0.2) is 59.6 Å². The third kappa shape index (κ3) is 4.50. The second-order valence-corrected chi connectivity index (χ2v) is 8.38. The minimum Gasteiger partial charge on any atom is -0.324 e. The standard InChI is InChI=1S/C22H22FN3O2S/c23-17-12-6-7-13-18(17)25-20(27)14-19-21(28)26(16-10-4-5-11-16)22(29-19)24-15-8-2-1-3-9-15/h1-3,6-9,12-13,16,19H,4-5,10-11,14H2,(H,25,27). The Morgan fingerprint density at radius 1 is 1.10 bits per heavy atom. The molecule has 0 bridgehead atoms. The molecule has 4 rings (SSSR count). The molecule has 1 atom stereocenters. The number of amidine groups is 1. The number of nitrogens with zero attached hydrogens (tertiary/aromatic N) is 2. The Bertz CT molecular complexity index is 929. The van der Waals surface area contributed by atoms with Gasteiger partial charge in [0.2, 0.25) is 11.8 Å². The molecule has 1 saturated heterocycles. The van der Waals surface area contributed by atoms with E-state index in [1.165, 1.54) is 23.9 Å². The van der Waals surface area contributed by atoms with Gasteiger partial charge >= 0.3 is 0 Å². The highest BCUT2D eigenvalue weighted by Gasteiger charge is 2.43. The zero-order chi connectivity index (χ0) is 20.2. The number of benzene rings is 2. The van der Waals surface area contributed by atoms with Crippen LogP contribution in [0.25, 0.3) is 0 Å². The minimum atomic E-state index is -0.551. The molecule has 1 aliphatic heterocycles. The monoisotopic (exact) mass is 411 g/mol. The zero-order valence-corrected chi connectivity index (χ0v) is 16.7.